The molecule has 0 bridgehead atoms. The van der Waals surface area contributed by atoms with E-state index in [9.17, 15) is 10.1 Å². The van der Waals surface area contributed by atoms with Crippen LogP contribution in [0.25, 0.3) is 0 Å². The zero-order valence-electron chi connectivity index (χ0n) is 8.66. The van der Waals surface area contributed by atoms with Crippen LogP contribution in [0.2, 0.25) is 0 Å². The lowest BCUT2D eigenvalue weighted by Crippen LogP contribution is -2.03. The van der Waals surface area contributed by atoms with Gasteiger partial charge in [0.05, 0.1) is 4.92 Å². The van der Waals surface area contributed by atoms with Crippen LogP contribution < -0.4 is 5.32 Å². The summed E-state index contributed by atoms with van der Waals surface area (Å²) in [6, 6.07) is 4.76. The van der Waals surface area contributed by atoms with Crippen molar-refractivity contribution in [1.29, 1.82) is 0 Å². The van der Waals surface area contributed by atoms with Crippen molar-refractivity contribution >= 4 is 39.9 Å². The summed E-state index contributed by atoms with van der Waals surface area (Å²) < 4.78 is 2.27. The van der Waals surface area contributed by atoms with Crippen molar-refractivity contribution in [3.63, 3.8) is 0 Å². The van der Waals surface area contributed by atoms with Crippen LogP contribution in [0.3, 0.4) is 0 Å². The van der Waals surface area contributed by atoms with Gasteiger partial charge in [0, 0.05) is 16.7 Å². The number of nitro groups is 1. The Bertz CT molecular complexity index is 569. The van der Waals surface area contributed by atoms with E-state index in [2.05, 4.69) is 43.4 Å². The highest BCUT2D eigenvalue weighted by atomic mass is 127. The fourth-order valence-corrected chi connectivity index (χ4v) is 1.71. The molecule has 0 saturated heterocycles. The van der Waals surface area contributed by atoms with Gasteiger partial charge in [-0.05, 0) is 45.2 Å². The second kappa shape index (κ2) is 4.61. The highest BCUT2D eigenvalue weighted by Crippen LogP contribution is 2.28. The standard InChI is InChI=1S/C8H7IN6O2/c1-14-8(11-12-13-14)10-6-4-5(9)2-3-7(6)15(16)17/h2-4H,1H3,(H,10,11,13). The van der Waals surface area contributed by atoms with Gasteiger partial charge in [0.25, 0.3) is 5.69 Å². The maximum atomic E-state index is 10.9. The van der Waals surface area contributed by atoms with Gasteiger partial charge >= 0.3 is 0 Å². The van der Waals surface area contributed by atoms with Crippen LogP contribution in [0.15, 0.2) is 18.2 Å². The summed E-state index contributed by atoms with van der Waals surface area (Å²) in [5.41, 5.74) is 0.341. The third kappa shape index (κ3) is 2.49. The highest BCUT2D eigenvalue weighted by Gasteiger charge is 2.15. The largest absolute Gasteiger partial charge is 0.317 e. The first-order chi connectivity index (χ1) is 8.08. The van der Waals surface area contributed by atoms with Gasteiger partial charge in [0.15, 0.2) is 0 Å². The van der Waals surface area contributed by atoms with Crippen LogP contribution in [0.4, 0.5) is 17.3 Å². The van der Waals surface area contributed by atoms with Gasteiger partial charge in [-0.25, -0.2) is 4.68 Å². The minimum atomic E-state index is -0.456. The smallest absolute Gasteiger partial charge is 0.292 e. The Labute approximate surface area is 109 Å². The van der Waals surface area contributed by atoms with E-state index in [4.69, 9.17) is 0 Å². The average Bonchev–Trinajstić information content (AvgIpc) is 2.64. The molecule has 2 rings (SSSR count). The lowest BCUT2D eigenvalue weighted by molar-refractivity contribution is -0.383. The molecular formula is C8H7IN6O2. The SMILES string of the molecule is Cn1nnnc1Nc1cc(I)ccc1[N+](=O)[O-]. The first kappa shape index (κ1) is 11.7. The summed E-state index contributed by atoms with van der Waals surface area (Å²) >= 11 is 2.07. The van der Waals surface area contributed by atoms with Gasteiger partial charge in [-0.1, -0.05) is 5.10 Å². The molecule has 88 valence electrons. The van der Waals surface area contributed by atoms with Crippen molar-refractivity contribution < 1.29 is 4.92 Å². The van der Waals surface area contributed by atoms with Crippen molar-refractivity contribution in [3.8, 4) is 0 Å². The molecule has 0 saturated carbocycles. The lowest BCUT2D eigenvalue weighted by atomic mass is 10.3. The van der Waals surface area contributed by atoms with Crippen LogP contribution in [0, 0.1) is 13.7 Å². The number of benzene rings is 1. The normalized spacial score (nSPS) is 10.2. The summed E-state index contributed by atoms with van der Waals surface area (Å²) in [4.78, 5) is 10.4. The molecule has 1 aromatic carbocycles. The number of nitrogens with one attached hydrogen (secondary N) is 1. The Hall–Kier alpha value is -1.78. The number of aromatic nitrogens is 4. The Morgan fingerprint density at radius 3 is 2.88 bits per heavy atom. The number of rotatable bonds is 3. The highest BCUT2D eigenvalue weighted by molar-refractivity contribution is 14.1. The van der Waals surface area contributed by atoms with E-state index in [1.165, 1.54) is 10.7 Å². The predicted octanol–water partition coefficient (Wildman–Crippen LogP) is 1.47. The molecule has 0 unspecified atom stereocenters. The fraction of sp³-hybridized carbons (Fsp3) is 0.125. The Balaban J connectivity index is 2.41. The van der Waals surface area contributed by atoms with E-state index in [1.54, 1.807) is 19.2 Å². The van der Waals surface area contributed by atoms with Gasteiger partial charge in [-0.3, -0.25) is 10.1 Å². The molecule has 1 aromatic heterocycles. The summed E-state index contributed by atoms with van der Waals surface area (Å²) in [5.74, 6) is 0.343. The molecule has 0 aliphatic heterocycles. The molecule has 0 fully saturated rings. The van der Waals surface area contributed by atoms with Gasteiger partial charge in [0.2, 0.25) is 5.95 Å². The summed E-state index contributed by atoms with van der Waals surface area (Å²) in [5, 5.41) is 24.5. The Morgan fingerprint density at radius 2 is 2.29 bits per heavy atom. The van der Waals surface area contributed by atoms with E-state index in [1.807, 2.05) is 0 Å². The number of nitrogens with zero attached hydrogens (tertiary/aromatic N) is 5. The zero-order valence-corrected chi connectivity index (χ0v) is 10.8. The zero-order chi connectivity index (χ0) is 12.4. The van der Waals surface area contributed by atoms with Crippen LogP contribution in [-0.2, 0) is 7.05 Å². The molecule has 9 heteroatoms. The molecule has 0 radical (unpaired) electrons. The van der Waals surface area contributed by atoms with Crippen LogP contribution in [-0.4, -0.2) is 25.1 Å². The Kier molecular flexibility index (Phi) is 3.17. The molecule has 0 aliphatic rings. The lowest BCUT2D eigenvalue weighted by Gasteiger charge is -2.05. The number of tetrazole rings is 1. The van der Waals surface area contributed by atoms with E-state index >= 15 is 0 Å². The molecule has 1 heterocycles. The molecule has 1 N–H and O–H groups in total. The van der Waals surface area contributed by atoms with Crippen molar-refractivity contribution in [2.45, 2.75) is 0 Å². The van der Waals surface area contributed by atoms with Crippen LogP contribution in [0.5, 0.6) is 0 Å². The third-order valence-electron chi connectivity index (χ3n) is 2.02. The van der Waals surface area contributed by atoms with Gasteiger partial charge in [-0.2, -0.15) is 0 Å². The van der Waals surface area contributed by atoms with Crippen LogP contribution in [0.1, 0.15) is 0 Å². The molecular weight excluding hydrogens is 339 g/mol. The maximum Gasteiger partial charge on any atom is 0.292 e. The number of hydrogen-bond acceptors (Lipinski definition) is 6. The molecule has 2 aromatic rings. The van der Waals surface area contributed by atoms with Gasteiger partial charge < -0.3 is 5.32 Å². The molecule has 17 heavy (non-hydrogen) atoms. The van der Waals surface area contributed by atoms with Crippen molar-refractivity contribution in [1.82, 2.24) is 20.2 Å². The molecule has 0 amide bonds. The van der Waals surface area contributed by atoms with E-state index in [-0.39, 0.29) is 5.69 Å². The molecule has 0 aliphatic carbocycles. The quantitative estimate of drug-likeness (QED) is 0.513. The van der Waals surface area contributed by atoms with Gasteiger partial charge in [0.1, 0.15) is 5.69 Å². The minimum absolute atomic E-state index is 0.0200. The summed E-state index contributed by atoms with van der Waals surface area (Å²) in [6.07, 6.45) is 0. The maximum absolute atomic E-state index is 10.9. The number of halogens is 1. The molecule has 8 nitrogen and oxygen atoms in total. The number of aryl methyl sites for hydroxylation is 1. The van der Waals surface area contributed by atoms with Gasteiger partial charge in [-0.15, -0.1) is 0 Å². The topological polar surface area (TPSA) is 98.8 Å². The third-order valence-corrected chi connectivity index (χ3v) is 2.69. The average molecular weight is 346 g/mol. The van der Waals surface area contributed by atoms with E-state index in [0.717, 1.165) is 3.57 Å². The summed E-state index contributed by atoms with van der Waals surface area (Å²) in [7, 11) is 1.64. The first-order valence-corrected chi connectivity index (χ1v) is 5.59. The molecule has 0 spiro atoms. The monoisotopic (exact) mass is 346 g/mol. The molecule has 0 atom stereocenters. The number of hydrogen-bond donors (Lipinski definition) is 1. The number of anilines is 2. The summed E-state index contributed by atoms with van der Waals surface area (Å²) in [6.45, 7) is 0. The fourth-order valence-electron chi connectivity index (χ4n) is 1.22. The number of nitro benzene ring substituents is 1. The van der Waals surface area contributed by atoms with Crippen molar-refractivity contribution in [2.24, 2.45) is 7.05 Å². The minimum Gasteiger partial charge on any atom is -0.317 e. The predicted molar refractivity (Wildman–Crippen MR) is 67.9 cm³/mol. The first-order valence-electron chi connectivity index (χ1n) is 4.51. The Morgan fingerprint density at radius 1 is 1.53 bits per heavy atom. The van der Waals surface area contributed by atoms with E-state index in [0.29, 0.717) is 11.6 Å². The van der Waals surface area contributed by atoms with Crippen molar-refractivity contribution in [2.75, 3.05) is 5.32 Å². The van der Waals surface area contributed by atoms with Crippen molar-refractivity contribution in [3.05, 3.63) is 31.9 Å². The second-order valence-corrected chi connectivity index (χ2v) is 4.42. The second-order valence-electron chi connectivity index (χ2n) is 3.17. The van der Waals surface area contributed by atoms with E-state index < -0.39 is 4.92 Å². The van der Waals surface area contributed by atoms with Crippen LogP contribution >= 0.6 is 22.6 Å².